The van der Waals surface area contributed by atoms with Gasteiger partial charge in [0.05, 0.1) is 6.04 Å². The Kier molecular flexibility index (Phi) is 3.06. The van der Waals surface area contributed by atoms with Gasteiger partial charge >= 0.3 is 0 Å². The van der Waals surface area contributed by atoms with Crippen molar-refractivity contribution in [1.29, 1.82) is 0 Å². The molecule has 0 aromatic carbocycles. The zero-order chi connectivity index (χ0) is 12.4. The molecule has 18 heavy (non-hydrogen) atoms. The summed E-state index contributed by atoms with van der Waals surface area (Å²) in [4.78, 5) is 10.8. The SMILES string of the molecule is Cc1nc([C@@H]2CCCN2Cc2ccncc2)no1. The number of pyridine rings is 1. The normalized spacial score (nSPS) is 20.4. The van der Waals surface area contributed by atoms with Crippen molar-refractivity contribution in [1.82, 2.24) is 20.0 Å². The summed E-state index contributed by atoms with van der Waals surface area (Å²) in [5.74, 6) is 1.46. The molecule has 2 aromatic rings. The molecule has 0 amide bonds. The third-order valence-electron chi connectivity index (χ3n) is 3.34. The molecule has 0 spiro atoms. The van der Waals surface area contributed by atoms with Crippen molar-refractivity contribution in [2.24, 2.45) is 0 Å². The summed E-state index contributed by atoms with van der Waals surface area (Å²) in [6.07, 6.45) is 5.95. The standard InChI is InChI=1S/C13H16N4O/c1-10-15-13(16-18-10)12-3-2-8-17(12)9-11-4-6-14-7-5-11/h4-7,12H,2-3,8-9H2,1H3/t12-/m0/s1. The second-order valence-electron chi connectivity index (χ2n) is 4.66. The van der Waals surface area contributed by atoms with Crippen LogP contribution in [-0.2, 0) is 6.54 Å². The fourth-order valence-electron chi connectivity index (χ4n) is 2.48. The van der Waals surface area contributed by atoms with Gasteiger partial charge in [-0.15, -0.1) is 0 Å². The summed E-state index contributed by atoms with van der Waals surface area (Å²) < 4.78 is 5.08. The highest BCUT2D eigenvalue weighted by Crippen LogP contribution is 2.31. The number of rotatable bonds is 3. The molecule has 2 aromatic heterocycles. The first-order valence-electron chi connectivity index (χ1n) is 6.26. The summed E-state index contributed by atoms with van der Waals surface area (Å²) in [6.45, 7) is 3.83. The van der Waals surface area contributed by atoms with Gasteiger partial charge in [-0.05, 0) is 37.1 Å². The van der Waals surface area contributed by atoms with E-state index in [2.05, 4.69) is 32.2 Å². The van der Waals surface area contributed by atoms with Crippen LogP contribution in [0.1, 0.15) is 36.2 Å². The molecular weight excluding hydrogens is 228 g/mol. The summed E-state index contributed by atoms with van der Waals surface area (Å²) in [5, 5.41) is 4.05. The number of aromatic nitrogens is 3. The van der Waals surface area contributed by atoms with Crippen LogP contribution in [0.3, 0.4) is 0 Å². The van der Waals surface area contributed by atoms with Gasteiger partial charge < -0.3 is 4.52 Å². The van der Waals surface area contributed by atoms with E-state index in [0.717, 1.165) is 25.3 Å². The van der Waals surface area contributed by atoms with Crippen LogP contribution in [0.2, 0.25) is 0 Å². The minimum atomic E-state index is 0.288. The third-order valence-corrected chi connectivity index (χ3v) is 3.34. The summed E-state index contributed by atoms with van der Waals surface area (Å²) in [7, 11) is 0. The van der Waals surface area contributed by atoms with E-state index in [9.17, 15) is 0 Å². The van der Waals surface area contributed by atoms with Gasteiger partial charge in [0.25, 0.3) is 0 Å². The Hall–Kier alpha value is -1.75. The molecule has 0 unspecified atom stereocenters. The monoisotopic (exact) mass is 244 g/mol. The van der Waals surface area contributed by atoms with Crippen LogP contribution >= 0.6 is 0 Å². The van der Waals surface area contributed by atoms with E-state index < -0.39 is 0 Å². The molecule has 3 heterocycles. The lowest BCUT2D eigenvalue weighted by Crippen LogP contribution is -2.23. The third kappa shape index (κ3) is 2.26. The van der Waals surface area contributed by atoms with E-state index in [1.165, 1.54) is 12.0 Å². The zero-order valence-corrected chi connectivity index (χ0v) is 10.4. The summed E-state index contributed by atoms with van der Waals surface area (Å²) in [6, 6.07) is 4.39. The number of hydrogen-bond acceptors (Lipinski definition) is 5. The molecular formula is C13H16N4O. The number of hydrogen-bond donors (Lipinski definition) is 0. The second kappa shape index (κ2) is 4.86. The molecule has 94 valence electrons. The summed E-state index contributed by atoms with van der Waals surface area (Å²) in [5.41, 5.74) is 1.28. The highest BCUT2D eigenvalue weighted by atomic mass is 16.5. The van der Waals surface area contributed by atoms with E-state index in [1.807, 2.05) is 19.3 Å². The Balaban J connectivity index is 1.75. The first-order valence-corrected chi connectivity index (χ1v) is 6.26. The quantitative estimate of drug-likeness (QED) is 0.827. The van der Waals surface area contributed by atoms with Crippen molar-refractivity contribution in [2.45, 2.75) is 32.4 Å². The molecule has 0 N–H and O–H groups in total. The van der Waals surface area contributed by atoms with Crippen LogP contribution < -0.4 is 0 Å². The smallest absolute Gasteiger partial charge is 0.223 e. The van der Waals surface area contributed by atoms with Gasteiger partial charge in [-0.1, -0.05) is 5.16 Å². The molecule has 1 fully saturated rings. The van der Waals surface area contributed by atoms with Crippen molar-refractivity contribution in [2.75, 3.05) is 6.54 Å². The zero-order valence-electron chi connectivity index (χ0n) is 10.4. The molecule has 1 atom stereocenters. The highest BCUT2D eigenvalue weighted by Gasteiger charge is 2.29. The lowest BCUT2D eigenvalue weighted by molar-refractivity contribution is 0.234. The van der Waals surface area contributed by atoms with Crippen molar-refractivity contribution in [3.05, 3.63) is 41.8 Å². The topological polar surface area (TPSA) is 55.1 Å². The first kappa shape index (κ1) is 11.3. The Morgan fingerprint density at radius 3 is 2.94 bits per heavy atom. The fraction of sp³-hybridized carbons (Fsp3) is 0.462. The maximum atomic E-state index is 5.08. The Morgan fingerprint density at radius 2 is 2.22 bits per heavy atom. The molecule has 1 aliphatic heterocycles. The van der Waals surface area contributed by atoms with Gasteiger partial charge in [0, 0.05) is 25.9 Å². The largest absolute Gasteiger partial charge is 0.340 e. The fourth-order valence-corrected chi connectivity index (χ4v) is 2.48. The van der Waals surface area contributed by atoms with Gasteiger partial charge in [-0.2, -0.15) is 4.98 Å². The second-order valence-corrected chi connectivity index (χ2v) is 4.66. The first-order chi connectivity index (χ1) is 8.83. The molecule has 5 nitrogen and oxygen atoms in total. The predicted octanol–water partition coefficient (Wildman–Crippen LogP) is 2.11. The predicted molar refractivity (Wildman–Crippen MR) is 65.7 cm³/mol. The molecule has 1 aliphatic rings. The Morgan fingerprint density at radius 1 is 1.39 bits per heavy atom. The number of aryl methyl sites for hydroxylation is 1. The molecule has 5 heteroatoms. The lowest BCUT2D eigenvalue weighted by Gasteiger charge is -2.21. The number of nitrogens with zero attached hydrogens (tertiary/aromatic N) is 4. The highest BCUT2D eigenvalue weighted by molar-refractivity contribution is 5.11. The number of likely N-dealkylation sites (tertiary alicyclic amines) is 1. The van der Waals surface area contributed by atoms with Gasteiger partial charge in [-0.25, -0.2) is 0 Å². The molecule has 0 radical (unpaired) electrons. The molecule has 1 saturated heterocycles. The van der Waals surface area contributed by atoms with Crippen molar-refractivity contribution in [3.63, 3.8) is 0 Å². The molecule has 3 rings (SSSR count). The average Bonchev–Trinajstić information content (AvgIpc) is 2.99. The molecule has 0 saturated carbocycles. The van der Waals surface area contributed by atoms with Crippen LogP contribution in [0.25, 0.3) is 0 Å². The molecule has 0 bridgehead atoms. The maximum absolute atomic E-state index is 5.08. The van der Waals surface area contributed by atoms with Crippen LogP contribution in [0.15, 0.2) is 29.0 Å². The van der Waals surface area contributed by atoms with Crippen molar-refractivity contribution in [3.8, 4) is 0 Å². The molecule has 0 aliphatic carbocycles. The van der Waals surface area contributed by atoms with Gasteiger partial charge in [0.1, 0.15) is 0 Å². The van der Waals surface area contributed by atoms with E-state index in [-0.39, 0.29) is 6.04 Å². The van der Waals surface area contributed by atoms with E-state index in [1.54, 1.807) is 0 Å². The van der Waals surface area contributed by atoms with Crippen LogP contribution in [0.4, 0.5) is 0 Å². The van der Waals surface area contributed by atoms with Crippen LogP contribution in [0, 0.1) is 6.92 Å². The van der Waals surface area contributed by atoms with Gasteiger partial charge in [0.2, 0.25) is 5.89 Å². The minimum Gasteiger partial charge on any atom is -0.340 e. The van der Waals surface area contributed by atoms with Gasteiger partial charge in [0.15, 0.2) is 5.82 Å². The maximum Gasteiger partial charge on any atom is 0.223 e. The van der Waals surface area contributed by atoms with E-state index in [4.69, 9.17) is 4.52 Å². The van der Waals surface area contributed by atoms with Crippen LogP contribution in [0.5, 0.6) is 0 Å². The van der Waals surface area contributed by atoms with Crippen LogP contribution in [-0.4, -0.2) is 26.6 Å². The minimum absolute atomic E-state index is 0.288. The van der Waals surface area contributed by atoms with Gasteiger partial charge in [-0.3, -0.25) is 9.88 Å². The Bertz CT molecular complexity index is 511. The van der Waals surface area contributed by atoms with Crippen molar-refractivity contribution < 1.29 is 4.52 Å². The van der Waals surface area contributed by atoms with E-state index >= 15 is 0 Å². The lowest BCUT2D eigenvalue weighted by atomic mass is 10.2. The Labute approximate surface area is 106 Å². The van der Waals surface area contributed by atoms with Crippen molar-refractivity contribution >= 4 is 0 Å². The van der Waals surface area contributed by atoms with E-state index in [0.29, 0.717) is 5.89 Å². The summed E-state index contributed by atoms with van der Waals surface area (Å²) >= 11 is 0. The average molecular weight is 244 g/mol.